The molecule has 0 heterocycles. The van der Waals surface area contributed by atoms with Crippen LogP contribution in [0.25, 0.3) is 0 Å². The molecule has 1 fully saturated rings. The van der Waals surface area contributed by atoms with Crippen molar-refractivity contribution in [3.05, 3.63) is 0 Å². The number of hydrogen-bond donors (Lipinski definition) is 2. The first kappa shape index (κ1) is 12.3. The number of ether oxygens (including phenoxy) is 1. The normalized spacial score (nSPS) is 20.3. The Kier molecular flexibility index (Phi) is 3.60. The molecule has 15 heavy (non-hydrogen) atoms. The summed E-state index contributed by atoms with van der Waals surface area (Å²) in [6.07, 6.45) is 3.86. The molecule has 0 aromatic carbocycles. The van der Waals surface area contributed by atoms with Gasteiger partial charge in [0.05, 0.1) is 12.2 Å². The average molecular weight is 214 g/mol. The lowest BCUT2D eigenvalue weighted by Gasteiger charge is -2.26. The lowest BCUT2D eigenvalue weighted by atomic mass is 10.0. The van der Waals surface area contributed by atoms with Crippen molar-refractivity contribution in [2.75, 3.05) is 6.61 Å². The van der Waals surface area contributed by atoms with Crippen LogP contribution in [0.15, 0.2) is 5.16 Å². The van der Waals surface area contributed by atoms with Crippen LogP contribution in [0.5, 0.6) is 0 Å². The Balaban J connectivity index is 2.38. The van der Waals surface area contributed by atoms with Crippen LogP contribution in [0.4, 0.5) is 0 Å². The Morgan fingerprint density at radius 3 is 2.53 bits per heavy atom. The maximum absolute atomic E-state index is 8.52. The van der Waals surface area contributed by atoms with E-state index in [2.05, 4.69) is 25.9 Å². The van der Waals surface area contributed by atoms with Crippen LogP contribution in [0.3, 0.4) is 0 Å². The summed E-state index contributed by atoms with van der Waals surface area (Å²) in [6.45, 7) is 7.01. The molecule has 88 valence electrons. The van der Waals surface area contributed by atoms with Gasteiger partial charge in [-0.3, -0.25) is 0 Å². The van der Waals surface area contributed by atoms with Crippen molar-refractivity contribution in [3.8, 4) is 0 Å². The lowest BCUT2D eigenvalue weighted by Crippen LogP contribution is -2.29. The molecule has 0 saturated heterocycles. The first-order valence-electron chi connectivity index (χ1n) is 5.53. The van der Waals surface area contributed by atoms with Crippen molar-refractivity contribution >= 4 is 5.84 Å². The maximum Gasteiger partial charge on any atom is 0.139 e. The van der Waals surface area contributed by atoms with Crippen LogP contribution < -0.4 is 5.73 Å². The average Bonchev–Trinajstić information content (AvgIpc) is 2.96. The Morgan fingerprint density at radius 2 is 2.13 bits per heavy atom. The zero-order chi connectivity index (χ0) is 11.5. The molecule has 1 aliphatic carbocycles. The molecule has 1 aliphatic rings. The molecule has 0 aromatic rings. The van der Waals surface area contributed by atoms with E-state index in [9.17, 15) is 0 Å². The molecule has 0 aromatic heterocycles. The molecule has 4 heteroatoms. The third kappa shape index (κ3) is 3.70. The molecular weight excluding hydrogens is 192 g/mol. The Bertz CT molecular complexity index is 245. The van der Waals surface area contributed by atoms with Crippen molar-refractivity contribution in [3.63, 3.8) is 0 Å². The summed E-state index contributed by atoms with van der Waals surface area (Å²) in [5.74, 6) is 0.311. The minimum atomic E-state index is -0.0687. The van der Waals surface area contributed by atoms with Crippen molar-refractivity contribution in [1.29, 1.82) is 0 Å². The van der Waals surface area contributed by atoms with Gasteiger partial charge in [0.25, 0.3) is 0 Å². The summed E-state index contributed by atoms with van der Waals surface area (Å²) in [4.78, 5) is 0. The van der Waals surface area contributed by atoms with Crippen molar-refractivity contribution < 1.29 is 9.94 Å². The topological polar surface area (TPSA) is 67.8 Å². The van der Waals surface area contributed by atoms with Gasteiger partial charge in [-0.15, -0.1) is 0 Å². The molecule has 0 atom stereocenters. The molecule has 0 unspecified atom stereocenters. The highest BCUT2D eigenvalue weighted by Gasteiger charge is 2.44. The van der Waals surface area contributed by atoms with Gasteiger partial charge in [-0.25, -0.2) is 0 Å². The van der Waals surface area contributed by atoms with E-state index in [1.165, 1.54) is 0 Å². The minimum Gasteiger partial charge on any atom is -0.409 e. The zero-order valence-corrected chi connectivity index (χ0v) is 9.92. The fraction of sp³-hybridized carbons (Fsp3) is 0.909. The number of amidine groups is 1. The Morgan fingerprint density at radius 1 is 1.53 bits per heavy atom. The summed E-state index contributed by atoms with van der Waals surface area (Å²) in [5.41, 5.74) is 5.59. The summed E-state index contributed by atoms with van der Waals surface area (Å²) in [6, 6.07) is 0. The summed E-state index contributed by atoms with van der Waals surface area (Å²) in [5, 5.41) is 11.5. The molecular formula is C11H22N2O2. The van der Waals surface area contributed by atoms with Gasteiger partial charge >= 0.3 is 0 Å². The van der Waals surface area contributed by atoms with Crippen molar-refractivity contribution in [2.45, 2.75) is 52.1 Å². The first-order chi connectivity index (χ1) is 6.93. The predicted molar refractivity (Wildman–Crippen MR) is 60.0 cm³/mol. The standard InChI is InChI=1S/C11H22N2O2/c1-4-10(2,3)15-8-11(5-6-11)7-9(12)13-14/h14H,4-8H2,1-3H3,(H2,12,13). The Hall–Kier alpha value is -0.770. The molecule has 0 radical (unpaired) electrons. The highest BCUT2D eigenvalue weighted by atomic mass is 16.5. The van der Waals surface area contributed by atoms with E-state index in [-0.39, 0.29) is 11.0 Å². The van der Waals surface area contributed by atoms with Crippen LogP contribution in [-0.4, -0.2) is 23.3 Å². The van der Waals surface area contributed by atoms with Gasteiger partial charge in [-0.05, 0) is 33.1 Å². The van der Waals surface area contributed by atoms with Crippen molar-refractivity contribution in [1.82, 2.24) is 0 Å². The van der Waals surface area contributed by atoms with E-state index < -0.39 is 0 Å². The van der Waals surface area contributed by atoms with Gasteiger partial charge in [-0.1, -0.05) is 12.1 Å². The smallest absolute Gasteiger partial charge is 0.139 e. The molecule has 0 amide bonds. The van der Waals surface area contributed by atoms with Gasteiger partial charge < -0.3 is 15.7 Å². The molecule has 1 saturated carbocycles. The second-order valence-electron chi connectivity index (χ2n) is 5.17. The molecule has 0 bridgehead atoms. The van der Waals surface area contributed by atoms with Gasteiger partial charge in [0.2, 0.25) is 0 Å². The van der Waals surface area contributed by atoms with Gasteiger partial charge in [0.15, 0.2) is 0 Å². The summed E-state index contributed by atoms with van der Waals surface area (Å²) in [7, 11) is 0. The van der Waals surface area contributed by atoms with Gasteiger partial charge in [0, 0.05) is 11.8 Å². The fourth-order valence-electron chi connectivity index (χ4n) is 1.42. The number of nitrogens with two attached hydrogens (primary N) is 1. The van der Waals surface area contributed by atoms with E-state index >= 15 is 0 Å². The van der Waals surface area contributed by atoms with Crippen LogP contribution in [0.1, 0.15) is 46.5 Å². The fourth-order valence-corrected chi connectivity index (χ4v) is 1.42. The third-order valence-electron chi connectivity index (χ3n) is 3.26. The van der Waals surface area contributed by atoms with E-state index in [0.717, 1.165) is 19.3 Å². The molecule has 4 nitrogen and oxygen atoms in total. The van der Waals surface area contributed by atoms with Crippen molar-refractivity contribution in [2.24, 2.45) is 16.3 Å². The van der Waals surface area contributed by atoms with Crippen LogP contribution in [0.2, 0.25) is 0 Å². The number of hydrogen-bond acceptors (Lipinski definition) is 3. The minimum absolute atomic E-state index is 0.0687. The first-order valence-corrected chi connectivity index (χ1v) is 5.53. The molecule has 0 aliphatic heterocycles. The molecule has 0 spiro atoms. The molecule has 1 rings (SSSR count). The summed E-state index contributed by atoms with van der Waals surface area (Å²) >= 11 is 0. The number of oxime groups is 1. The highest BCUT2D eigenvalue weighted by molar-refractivity contribution is 5.80. The van der Waals surface area contributed by atoms with Crippen LogP contribution >= 0.6 is 0 Å². The molecule has 3 N–H and O–H groups in total. The van der Waals surface area contributed by atoms with Crippen LogP contribution in [-0.2, 0) is 4.74 Å². The summed E-state index contributed by atoms with van der Waals surface area (Å²) < 4.78 is 5.86. The lowest BCUT2D eigenvalue weighted by molar-refractivity contribution is -0.0418. The van der Waals surface area contributed by atoms with E-state index in [4.69, 9.17) is 15.7 Å². The number of nitrogens with zero attached hydrogens (tertiary/aromatic N) is 1. The predicted octanol–water partition coefficient (Wildman–Crippen LogP) is 2.11. The van der Waals surface area contributed by atoms with E-state index in [0.29, 0.717) is 18.9 Å². The van der Waals surface area contributed by atoms with E-state index in [1.807, 2.05) is 0 Å². The number of rotatable bonds is 6. The SMILES string of the molecule is CCC(C)(C)OCC1(CC(N)=NO)CC1. The van der Waals surface area contributed by atoms with Gasteiger partial charge in [0.1, 0.15) is 5.84 Å². The quantitative estimate of drug-likeness (QED) is 0.308. The second kappa shape index (κ2) is 4.39. The zero-order valence-electron chi connectivity index (χ0n) is 9.92. The highest BCUT2D eigenvalue weighted by Crippen LogP contribution is 2.49. The van der Waals surface area contributed by atoms with Crippen LogP contribution in [0, 0.1) is 5.41 Å². The van der Waals surface area contributed by atoms with E-state index in [1.54, 1.807) is 0 Å². The maximum atomic E-state index is 8.52. The second-order valence-corrected chi connectivity index (χ2v) is 5.17. The largest absolute Gasteiger partial charge is 0.409 e. The monoisotopic (exact) mass is 214 g/mol. The van der Waals surface area contributed by atoms with Gasteiger partial charge in [-0.2, -0.15) is 0 Å². The third-order valence-corrected chi connectivity index (χ3v) is 3.26. The Labute approximate surface area is 91.5 Å².